The molecule has 0 saturated heterocycles. The molecule has 2 aromatic rings. The van der Waals surface area contributed by atoms with E-state index in [1.165, 1.54) is 0 Å². The summed E-state index contributed by atoms with van der Waals surface area (Å²) in [6.07, 6.45) is 0. The maximum absolute atomic E-state index is 12.3. The van der Waals surface area contributed by atoms with Crippen LogP contribution in [0.1, 0.15) is 19.4 Å². The molecule has 17 heavy (non-hydrogen) atoms. The standard InChI is InChI=1S/C14H18N2O/c1-14(2,15-3)11-9-10-7-5-6-8-12(10)16(4)13(11)17/h5-9,15H,1-4H3. The van der Waals surface area contributed by atoms with Gasteiger partial charge in [-0.1, -0.05) is 18.2 Å². The van der Waals surface area contributed by atoms with Gasteiger partial charge in [0.15, 0.2) is 0 Å². The van der Waals surface area contributed by atoms with E-state index in [1.54, 1.807) is 4.57 Å². The van der Waals surface area contributed by atoms with Crippen LogP contribution in [0.4, 0.5) is 0 Å². The second-order valence-corrected chi connectivity index (χ2v) is 4.86. The average Bonchev–Trinajstić information content (AvgIpc) is 2.33. The average molecular weight is 230 g/mol. The lowest BCUT2D eigenvalue weighted by Crippen LogP contribution is -2.40. The van der Waals surface area contributed by atoms with Crippen molar-refractivity contribution in [3.05, 3.63) is 46.2 Å². The van der Waals surface area contributed by atoms with Crippen molar-refractivity contribution in [2.45, 2.75) is 19.4 Å². The molecule has 0 amide bonds. The Morgan fingerprint density at radius 1 is 1.24 bits per heavy atom. The molecule has 0 aliphatic heterocycles. The molecule has 0 fully saturated rings. The number of hydrogen-bond acceptors (Lipinski definition) is 2. The molecular weight excluding hydrogens is 212 g/mol. The van der Waals surface area contributed by atoms with Gasteiger partial charge in [-0.2, -0.15) is 0 Å². The lowest BCUT2D eigenvalue weighted by molar-refractivity contribution is 0.438. The number of pyridine rings is 1. The Hall–Kier alpha value is -1.61. The molecule has 0 radical (unpaired) electrons. The topological polar surface area (TPSA) is 34.0 Å². The summed E-state index contributed by atoms with van der Waals surface area (Å²) in [4.78, 5) is 12.3. The Balaban J connectivity index is 2.84. The molecule has 1 N–H and O–H groups in total. The van der Waals surface area contributed by atoms with Crippen LogP contribution in [-0.2, 0) is 12.6 Å². The molecule has 0 unspecified atom stereocenters. The first kappa shape index (κ1) is 11.9. The zero-order valence-corrected chi connectivity index (χ0v) is 10.7. The molecule has 0 aliphatic carbocycles. The van der Waals surface area contributed by atoms with Crippen LogP contribution in [0, 0.1) is 0 Å². The first-order chi connectivity index (χ1) is 7.97. The van der Waals surface area contributed by atoms with Crippen LogP contribution in [0.25, 0.3) is 10.9 Å². The van der Waals surface area contributed by atoms with E-state index in [0.29, 0.717) is 0 Å². The summed E-state index contributed by atoms with van der Waals surface area (Å²) in [6, 6.07) is 9.92. The number of aryl methyl sites for hydroxylation is 1. The fraction of sp³-hybridized carbons (Fsp3) is 0.357. The second-order valence-electron chi connectivity index (χ2n) is 4.86. The smallest absolute Gasteiger partial charge is 0.255 e. The third-order valence-electron chi connectivity index (χ3n) is 3.43. The van der Waals surface area contributed by atoms with Crippen LogP contribution >= 0.6 is 0 Å². The normalized spacial score (nSPS) is 12.0. The number of para-hydroxylation sites is 1. The van der Waals surface area contributed by atoms with Gasteiger partial charge < -0.3 is 9.88 Å². The summed E-state index contributed by atoms with van der Waals surface area (Å²) in [5, 5.41) is 4.27. The van der Waals surface area contributed by atoms with Gasteiger partial charge in [0.25, 0.3) is 5.56 Å². The van der Waals surface area contributed by atoms with Crippen molar-refractivity contribution in [1.82, 2.24) is 9.88 Å². The highest BCUT2D eigenvalue weighted by atomic mass is 16.1. The molecule has 0 saturated carbocycles. The first-order valence-corrected chi connectivity index (χ1v) is 5.75. The number of nitrogens with one attached hydrogen (secondary N) is 1. The van der Waals surface area contributed by atoms with Gasteiger partial charge in [0.05, 0.1) is 5.52 Å². The van der Waals surface area contributed by atoms with Crippen LogP contribution < -0.4 is 10.9 Å². The Morgan fingerprint density at radius 3 is 2.53 bits per heavy atom. The zero-order valence-electron chi connectivity index (χ0n) is 10.7. The van der Waals surface area contributed by atoms with E-state index in [1.807, 2.05) is 58.3 Å². The van der Waals surface area contributed by atoms with Crippen molar-refractivity contribution in [3.8, 4) is 0 Å². The van der Waals surface area contributed by atoms with E-state index in [4.69, 9.17) is 0 Å². The third-order valence-corrected chi connectivity index (χ3v) is 3.43. The predicted molar refractivity (Wildman–Crippen MR) is 71.3 cm³/mol. The maximum Gasteiger partial charge on any atom is 0.255 e. The largest absolute Gasteiger partial charge is 0.311 e. The van der Waals surface area contributed by atoms with Gasteiger partial charge in [0, 0.05) is 18.2 Å². The summed E-state index contributed by atoms with van der Waals surface area (Å²) >= 11 is 0. The van der Waals surface area contributed by atoms with E-state index in [2.05, 4.69) is 5.32 Å². The quantitative estimate of drug-likeness (QED) is 0.856. The lowest BCUT2D eigenvalue weighted by Gasteiger charge is -2.24. The van der Waals surface area contributed by atoms with Crippen molar-refractivity contribution in [3.63, 3.8) is 0 Å². The molecule has 0 aliphatic rings. The van der Waals surface area contributed by atoms with Crippen LogP contribution in [0.15, 0.2) is 35.1 Å². The van der Waals surface area contributed by atoms with Gasteiger partial charge in [-0.25, -0.2) is 0 Å². The minimum absolute atomic E-state index is 0.0584. The number of nitrogens with zero attached hydrogens (tertiary/aromatic N) is 1. The number of hydrogen-bond donors (Lipinski definition) is 1. The highest BCUT2D eigenvalue weighted by Gasteiger charge is 2.22. The lowest BCUT2D eigenvalue weighted by atomic mass is 9.94. The predicted octanol–water partition coefficient (Wildman–Crippen LogP) is 1.99. The van der Waals surface area contributed by atoms with Crippen molar-refractivity contribution in [2.24, 2.45) is 7.05 Å². The maximum atomic E-state index is 12.3. The molecule has 0 atom stereocenters. The fourth-order valence-corrected chi connectivity index (χ4v) is 2.00. The van der Waals surface area contributed by atoms with Crippen LogP contribution in [0.3, 0.4) is 0 Å². The number of rotatable bonds is 2. The molecule has 1 aromatic heterocycles. The molecular formula is C14H18N2O. The van der Waals surface area contributed by atoms with Gasteiger partial charge in [0.1, 0.15) is 0 Å². The van der Waals surface area contributed by atoms with Crippen molar-refractivity contribution in [1.29, 1.82) is 0 Å². The van der Waals surface area contributed by atoms with Gasteiger partial charge in [0.2, 0.25) is 0 Å². The third kappa shape index (κ3) is 1.87. The highest BCUT2D eigenvalue weighted by molar-refractivity contribution is 5.79. The molecule has 0 bridgehead atoms. The van der Waals surface area contributed by atoms with Crippen LogP contribution in [0.5, 0.6) is 0 Å². The summed E-state index contributed by atoms with van der Waals surface area (Å²) in [5.74, 6) is 0. The zero-order chi connectivity index (χ0) is 12.6. The molecule has 3 heteroatoms. The Morgan fingerprint density at radius 2 is 1.88 bits per heavy atom. The summed E-state index contributed by atoms with van der Waals surface area (Å²) in [5.41, 5.74) is 1.50. The van der Waals surface area contributed by atoms with Crippen molar-refractivity contribution in [2.75, 3.05) is 7.05 Å². The first-order valence-electron chi connectivity index (χ1n) is 5.75. The van der Waals surface area contributed by atoms with Gasteiger partial charge in [-0.3, -0.25) is 4.79 Å². The molecule has 1 aromatic carbocycles. The highest BCUT2D eigenvalue weighted by Crippen LogP contribution is 2.20. The van der Waals surface area contributed by atoms with Gasteiger partial charge in [-0.05, 0) is 38.4 Å². The van der Waals surface area contributed by atoms with Crippen LogP contribution in [-0.4, -0.2) is 11.6 Å². The summed E-state index contributed by atoms with van der Waals surface area (Å²) in [7, 11) is 3.69. The fourth-order valence-electron chi connectivity index (χ4n) is 2.00. The number of aromatic nitrogens is 1. The van der Waals surface area contributed by atoms with E-state index in [0.717, 1.165) is 16.5 Å². The van der Waals surface area contributed by atoms with E-state index in [9.17, 15) is 4.79 Å². The molecule has 90 valence electrons. The molecule has 0 spiro atoms. The monoisotopic (exact) mass is 230 g/mol. The Labute approximate surface area is 101 Å². The van der Waals surface area contributed by atoms with Gasteiger partial charge in [-0.15, -0.1) is 0 Å². The van der Waals surface area contributed by atoms with Crippen molar-refractivity contribution < 1.29 is 0 Å². The van der Waals surface area contributed by atoms with Crippen LogP contribution in [0.2, 0.25) is 0 Å². The molecule has 2 rings (SSSR count). The van der Waals surface area contributed by atoms with Crippen molar-refractivity contribution >= 4 is 10.9 Å². The van der Waals surface area contributed by atoms with E-state index >= 15 is 0 Å². The molecule has 3 nitrogen and oxygen atoms in total. The van der Waals surface area contributed by atoms with E-state index in [-0.39, 0.29) is 11.1 Å². The Kier molecular flexibility index (Phi) is 2.79. The molecule has 1 heterocycles. The Bertz CT molecular complexity index is 611. The minimum Gasteiger partial charge on any atom is -0.311 e. The number of fused-ring (bicyclic) bond motifs is 1. The minimum atomic E-state index is -0.321. The number of benzene rings is 1. The van der Waals surface area contributed by atoms with Gasteiger partial charge >= 0.3 is 0 Å². The second kappa shape index (κ2) is 4.00. The summed E-state index contributed by atoms with van der Waals surface area (Å²) < 4.78 is 1.71. The van der Waals surface area contributed by atoms with E-state index < -0.39 is 0 Å². The SMILES string of the molecule is CNC(C)(C)c1cc2ccccc2n(C)c1=O. The summed E-state index contributed by atoms with van der Waals surface area (Å²) in [6.45, 7) is 4.02.